The Morgan fingerprint density at radius 3 is 2.56 bits per heavy atom. The zero-order valence-electron chi connectivity index (χ0n) is 19.1. The Morgan fingerprint density at radius 1 is 1.09 bits per heavy atom. The maximum atomic E-state index is 12.6. The molecule has 2 heterocycles. The molecule has 0 radical (unpaired) electrons. The molecule has 0 fully saturated rings. The fourth-order valence-corrected chi connectivity index (χ4v) is 5.13. The number of aryl methyl sites for hydroxylation is 2. The number of hydrogen-bond acceptors (Lipinski definition) is 5. The quantitative estimate of drug-likeness (QED) is 0.330. The zero-order valence-corrected chi connectivity index (χ0v) is 20.7. The highest BCUT2D eigenvalue weighted by Crippen LogP contribution is 2.31. The molecule has 2 aromatic carbocycles. The summed E-state index contributed by atoms with van der Waals surface area (Å²) >= 11 is 3.27. The van der Waals surface area contributed by atoms with Crippen molar-refractivity contribution in [1.82, 2.24) is 14.8 Å². The molecule has 0 unspecified atom stereocenters. The summed E-state index contributed by atoms with van der Waals surface area (Å²) in [6.07, 6.45) is 0.428. The van der Waals surface area contributed by atoms with Crippen LogP contribution in [-0.4, -0.2) is 26.4 Å². The number of fused-ring (bicyclic) bond motifs is 1. The number of nitrogens with one attached hydrogen (secondary N) is 1. The van der Waals surface area contributed by atoms with Crippen molar-refractivity contribution in [3.8, 4) is 5.13 Å². The van der Waals surface area contributed by atoms with Gasteiger partial charge in [0.25, 0.3) is 0 Å². The number of thiazole rings is 1. The molecule has 2 aromatic heterocycles. The summed E-state index contributed by atoms with van der Waals surface area (Å²) in [6, 6.07) is 16.6. The van der Waals surface area contributed by atoms with E-state index in [1.165, 1.54) is 16.0 Å². The van der Waals surface area contributed by atoms with E-state index in [-0.39, 0.29) is 11.3 Å². The van der Waals surface area contributed by atoms with E-state index in [1.807, 2.05) is 13.0 Å². The van der Waals surface area contributed by atoms with Gasteiger partial charge in [-0.1, -0.05) is 55.9 Å². The van der Waals surface area contributed by atoms with Gasteiger partial charge in [0.2, 0.25) is 11.0 Å². The van der Waals surface area contributed by atoms with Crippen LogP contribution in [0.15, 0.2) is 53.4 Å². The lowest BCUT2D eigenvalue weighted by molar-refractivity contribution is -0.115. The Kier molecular flexibility index (Phi) is 6.40. The largest absolute Gasteiger partial charge is 0.310 e. The molecule has 0 atom stereocenters. The van der Waals surface area contributed by atoms with Crippen molar-refractivity contribution >= 4 is 45.0 Å². The van der Waals surface area contributed by atoms with Gasteiger partial charge in [0.15, 0.2) is 0 Å². The van der Waals surface area contributed by atoms with E-state index >= 15 is 0 Å². The molecule has 0 aliphatic carbocycles. The summed E-state index contributed by atoms with van der Waals surface area (Å²) in [7, 11) is 0. The highest BCUT2D eigenvalue weighted by molar-refractivity contribution is 7.99. The third-order valence-corrected chi connectivity index (χ3v) is 7.15. The van der Waals surface area contributed by atoms with Crippen LogP contribution >= 0.6 is 23.1 Å². The van der Waals surface area contributed by atoms with Crippen LogP contribution in [0.25, 0.3) is 15.3 Å². The van der Waals surface area contributed by atoms with Gasteiger partial charge >= 0.3 is 0 Å². The molecule has 0 bridgehead atoms. The van der Waals surface area contributed by atoms with E-state index in [0.717, 1.165) is 26.8 Å². The van der Waals surface area contributed by atoms with Gasteiger partial charge in [0.1, 0.15) is 5.82 Å². The van der Waals surface area contributed by atoms with Crippen molar-refractivity contribution in [2.75, 3.05) is 11.1 Å². The van der Waals surface area contributed by atoms with Crippen LogP contribution in [0.3, 0.4) is 0 Å². The molecular formula is C25H28N4OS2. The molecule has 5 nitrogen and oxygen atoms in total. The first kappa shape index (κ1) is 22.6. The maximum absolute atomic E-state index is 12.6. The summed E-state index contributed by atoms with van der Waals surface area (Å²) in [4.78, 5) is 18.5. The normalized spacial score (nSPS) is 11.8. The van der Waals surface area contributed by atoms with Crippen LogP contribution in [-0.2, 0) is 10.2 Å². The van der Waals surface area contributed by atoms with Crippen LogP contribution in [0.4, 0.5) is 5.82 Å². The number of anilines is 1. The minimum absolute atomic E-state index is 0.0260. The van der Waals surface area contributed by atoms with Crippen molar-refractivity contribution < 1.29 is 4.79 Å². The number of carbonyl (C=O) groups excluding carboxylic acids is 1. The van der Waals surface area contributed by atoms with E-state index < -0.39 is 0 Å². The van der Waals surface area contributed by atoms with Crippen LogP contribution in [0.5, 0.6) is 0 Å². The first-order chi connectivity index (χ1) is 15.2. The average molecular weight is 465 g/mol. The molecule has 0 saturated heterocycles. The Morgan fingerprint density at radius 2 is 1.84 bits per heavy atom. The van der Waals surface area contributed by atoms with E-state index in [4.69, 9.17) is 4.98 Å². The standard InChI is InChI=1S/C25H28N4OS2/c1-16-6-9-19(10-7-16)31-13-12-23(30)27-22-14-17(2)28-29(22)24-26-20-11-8-18(25(3,4)5)15-21(20)32-24/h6-11,14-15H,12-13H2,1-5H3,(H,27,30). The van der Waals surface area contributed by atoms with E-state index in [1.54, 1.807) is 27.8 Å². The van der Waals surface area contributed by atoms with Crippen LogP contribution in [0.1, 0.15) is 44.0 Å². The van der Waals surface area contributed by atoms with Crippen molar-refractivity contribution in [1.29, 1.82) is 0 Å². The second-order valence-electron chi connectivity index (χ2n) is 8.97. The predicted octanol–water partition coefficient (Wildman–Crippen LogP) is 6.52. The van der Waals surface area contributed by atoms with Gasteiger partial charge in [-0.15, -0.1) is 11.8 Å². The lowest BCUT2D eigenvalue weighted by Crippen LogP contribution is -2.15. The Hall–Kier alpha value is -2.64. The number of amides is 1. The van der Waals surface area contributed by atoms with Gasteiger partial charge in [-0.2, -0.15) is 9.78 Å². The van der Waals surface area contributed by atoms with Crippen molar-refractivity contribution in [3.05, 3.63) is 65.4 Å². The fourth-order valence-electron chi connectivity index (χ4n) is 3.31. The summed E-state index contributed by atoms with van der Waals surface area (Å²) in [5.74, 6) is 1.35. The highest BCUT2D eigenvalue weighted by Gasteiger charge is 2.18. The summed E-state index contributed by atoms with van der Waals surface area (Å²) < 4.78 is 2.86. The van der Waals surface area contributed by atoms with E-state index in [9.17, 15) is 4.79 Å². The van der Waals surface area contributed by atoms with Gasteiger partial charge in [0, 0.05) is 23.1 Å². The third kappa shape index (κ3) is 5.22. The van der Waals surface area contributed by atoms with Gasteiger partial charge in [-0.3, -0.25) is 4.79 Å². The maximum Gasteiger partial charge on any atom is 0.226 e. The van der Waals surface area contributed by atoms with Crippen molar-refractivity contribution in [2.45, 2.75) is 51.3 Å². The third-order valence-electron chi connectivity index (χ3n) is 5.14. The lowest BCUT2D eigenvalue weighted by Gasteiger charge is -2.18. The first-order valence-corrected chi connectivity index (χ1v) is 12.5. The molecule has 0 aliphatic rings. The molecule has 32 heavy (non-hydrogen) atoms. The smallest absolute Gasteiger partial charge is 0.226 e. The highest BCUT2D eigenvalue weighted by atomic mass is 32.2. The molecule has 1 amide bonds. The minimum Gasteiger partial charge on any atom is -0.310 e. The molecule has 0 aliphatic heterocycles. The molecule has 1 N–H and O–H groups in total. The van der Waals surface area contributed by atoms with Crippen LogP contribution in [0.2, 0.25) is 0 Å². The number of carbonyl (C=O) groups is 1. The van der Waals surface area contributed by atoms with Gasteiger partial charge in [-0.05, 0) is 49.1 Å². The number of rotatable bonds is 6. The molecule has 4 rings (SSSR count). The first-order valence-electron chi connectivity index (χ1n) is 10.7. The Labute approximate surface area is 197 Å². The fraction of sp³-hybridized carbons (Fsp3) is 0.320. The van der Waals surface area contributed by atoms with Crippen LogP contribution in [0, 0.1) is 13.8 Å². The van der Waals surface area contributed by atoms with Gasteiger partial charge < -0.3 is 5.32 Å². The zero-order chi connectivity index (χ0) is 22.9. The minimum atomic E-state index is -0.0260. The summed E-state index contributed by atoms with van der Waals surface area (Å²) in [6.45, 7) is 10.6. The molecule has 4 aromatic rings. The van der Waals surface area contributed by atoms with Gasteiger partial charge in [-0.25, -0.2) is 4.98 Å². The number of hydrogen-bond donors (Lipinski definition) is 1. The topological polar surface area (TPSA) is 59.8 Å². The van der Waals surface area contributed by atoms with Gasteiger partial charge in [0.05, 0.1) is 15.9 Å². The molecule has 0 saturated carbocycles. The molecular weight excluding hydrogens is 436 g/mol. The van der Waals surface area contributed by atoms with Crippen LogP contribution < -0.4 is 5.32 Å². The SMILES string of the molecule is Cc1ccc(SCCC(=O)Nc2cc(C)nn2-c2nc3ccc(C(C)(C)C)cc3s2)cc1. The van der Waals surface area contributed by atoms with Crippen molar-refractivity contribution in [3.63, 3.8) is 0 Å². The molecule has 166 valence electrons. The Balaban J connectivity index is 1.47. The molecule has 0 spiro atoms. The number of benzene rings is 2. The number of aromatic nitrogens is 3. The Bertz CT molecular complexity index is 1250. The van der Waals surface area contributed by atoms with E-state index in [2.05, 4.69) is 80.6 Å². The molecule has 7 heteroatoms. The average Bonchev–Trinajstić information content (AvgIpc) is 3.31. The monoisotopic (exact) mass is 464 g/mol. The summed E-state index contributed by atoms with van der Waals surface area (Å²) in [5.41, 5.74) is 4.37. The predicted molar refractivity (Wildman–Crippen MR) is 135 cm³/mol. The lowest BCUT2D eigenvalue weighted by atomic mass is 9.87. The van der Waals surface area contributed by atoms with Crippen molar-refractivity contribution in [2.24, 2.45) is 0 Å². The second kappa shape index (κ2) is 9.08. The second-order valence-corrected chi connectivity index (χ2v) is 11.1. The van der Waals surface area contributed by atoms with E-state index in [0.29, 0.717) is 12.2 Å². The summed E-state index contributed by atoms with van der Waals surface area (Å²) in [5, 5.41) is 8.35. The number of nitrogens with zero attached hydrogens (tertiary/aromatic N) is 3. The number of thioether (sulfide) groups is 1.